The van der Waals surface area contributed by atoms with Crippen LogP contribution in [0.1, 0.15) is 23.1 Å². The van der Waals surface area contributed by atoms with Crippen LogP contribution >= 0.6 is 11.6 Å². The second-order valence-electron chi connectivity index (χ2n) is 5.43. The third-order valence-corrected chi connectivity index (χ3v) is 3.77. The van der Waals surface area contributed by atoms with E-state index in [1.165, 1.54) is 0 Å². The number of hydrogen-bond acceptors (Lipinski definition) is 2. The van der Waals surface area contributed by atoms with Gasteiger partial charge in [0.1, 0.15) is 6.42 Å². The maximum atomic E-state index is 11.9. The Kier molecular flexibility index (Phi) is 5.77. The Hall–Kier alpha value is -2.33. The molecule has 2 N–H and O–H groups in total. The highest BCUT2D eigenvalue weighted by molar-refractivity contribution is 6.30. The van der Waals surface area contributed by atoms with Gasteiger partial charge in [0.15, 0.2) is 0 Å². The quantitative estimate of drug-likeness (QED) is 0.823. The van der Waals surface area contributed by atoms with E-state index in [1.54, 1.807) is 12.1 Å². The van der Waals surface area contributed by atoms with Crippen LogP contribution in [0.15, 0.2) is 42.5 Å². The predicted molar refractivity (Wildman–Crippen MR) is 92.5 cm³/mol. The standard InChI is InChI=1S/C18H19ClN2O2/c1-12-3-8-16(9-13(12)2)21-18(23)10-17(22)20-11-14-4-6-15(19)7-5-14/h3-9H,10-11H2,1-2H3,(H,20,22)(H,21,23). The Labute approximate surface area is 140 Å². The first kappa shape index (κ1) is 17.0. The molecule has 2 rings (SSSR count). The number of aryl methyl sites for hydroxylation is 2. The van der Waals surface area contributed by atoms with Crippen molar-refractivity contribution in [1.82, 2.24) is 5.32 Å². The third kappa shape index (κ3) is 5.42. The molecule has 2 aromatic carbocycles. The molecule has 0 fully saturated rings. The summed E-state index contributed by atoms with van der Waals surface area (Å²) in [5.74, 6) is -0.650. The summed E-state index contributed by atoms with van der Waals surface area (Å²) in [4.78, 5) is 23.7. The summed E-state index contributed by atoms with van der Waals surface area (Å²) >= 11 is 5.80. The number of carbonyl (C=O) groups excluding carboxylic acids is 2. The van der Waals surface area contributed by atoms with Crippen LogP contribution in [0.25, 0.3) is 0 Å². The fourth-order valence-electron chi connectivity index (χ4n) is 2.04. The molecule has 0 unspecified atom stereocenters. The lowest BCUT2D eigenvalue weighted by Gasteiger charge is -2.08. The van der Waals surface area contributed by atoms with Crippen molar-refractivity contribution < 1.29 is 9.59 Å². The van der Waals surface area contributed by atoms with E-state index in [0.29, 0.717) is 17.3 Å². The molecular formula is C18H19ClN2O2. The molecule has 0 radical (unpaired) electrons. The van der Waals surface area contributed by atoms with Gasteiger partial charge in [-0.1, -0.05) is 29.8 Å². The van der Waals surface area contributed by atoms with Crippen LogP contribution in [0.2, 0.25) is 5.02 Å². The monoisotopic (exact) mass is 330 g/mol. The summed E-state index contributed by atoms with van der Waals surface area (Å²) in [6.45, 7) is 4.35. The molecule has 0 aliphatic heterocycles. The van der Waals surface area contributed by atoms with Gasteiger partial charge in [0.2, 0.25) is 11.8 Å². The van der Waals surface area contributed by atoms with Gasteiger partial charge in [-0.15, -0.1) is 0 Å². The molecule has 2 amide bonds. The number of rotatable bonds is 5. The molecule has 0 spiro atoms. The van der Waals surface area contributed by atoms with E-state index in [1.807, 2.05) is 44.2 Å². The molecule has 4 nitrogen and oxygen atoms in total. The van der Waals surface area contributed by atoms with Gasteiger partial charge in [-0.25, -0.2) is 0 Å². The first-order chi connectivity index (χ1) is 10.9. The van der Waals surface area contributed by atoms with E-state index in [-0.39, 0.29) is 18.2 Å². The summed E-state index contributed by atoms with van der Waals surface area (Å²) in [7, 11) is 0. The Morgan fingerprint density at radius 3 is 2.30 bits per heavy atom. The van der Waals surface area contributed by atoms with Crippen LogP contribution in [-0.4, -0.2) is 11.8 Å². The zero-order valence-corrected chi connectivity index (χ0v) is 13.9. The molecule has 0 aliphatic rings. The molecule has 0 heterocycles. The minimum absolute atomic E-state index is 0.208. The first-order valence-electron chi connectivity index (χ1n) is 7.32. The van der Waals surface area contributed by atoms with Crippen LogP contribution in [0.3, 0.4) is 0 Å². The second-order valence-corrected chi connectivity index (χ2v) is 5.86. The number of amides is 2. The van der Waals surface area contributed by atoms with E-state index in [4.69, 9.17) is 11.6 Å². The molecule has 0 aliphatic carbocycles. The minimum Gasteiger partial charge on any atom is -0.352 e. The number of carbonyl (C=O) groups is 2. The van der Waals surface area contributed by atoms with Gasteiger partial charge in [0.25, 0.3) is 0 Å². The van der Waals surface area contributed by atoms with Crippen LogP contribution in [0.4, 0.5) is 5.69 Å². The van der Waals surface area contributed by atoms with Crippen molar-refractivity contribution in [2.24, 2.45) is 0 Å². The van der Waals surface area contributed by atoms with Crippen molar-refractivity contribution in [2.45, 2.75) is 26.8 Å². The number of benzene rings is 2. The Bertz CT molecular complexity index is 711. The Morgan fingerprint density at radius 1 is 0.957 bits per heavy atom. The summed E-state index contributed by atoms with van der Waals surface area (Å²) < 4.78 is 0. The molecule has 5 heteroatoms. The van der Waals surface area contributed by atoms with Gasteiger partial charge >= 0.3 is 0 Å². The van der Waals surface area contributed by atoms with Gasteiger partial charge in [0.05, 0.1) is 0 Å². The zero-order chi connectivity index (χ0) is 16.8. The third-order valence-electron chi connectivity index (χ3n) is 3.51. The molecule has 120 valence electrons. The average Bonchev–Trinajstić information content (AvgIpc) is 2.50. The Balaban J connectivity index is 1.81. The van der Waals surface area contributed by atoms with Crippen molar-refractivity contribution in [3.63, 3.8) is 0 Å². The fraction of sp³-hybridized carbons (Fsp3) is 0.222. The molecule has 0 bridgehead atoms. The number of hydrogen-bond donors (Lipinski definition) is 2. The highest BCUT2D eigenvalue weighted by atomic mass is 35.5. The fourth-order valence-corrected chi connectivity index (χ4v) is 2.16. The van der Waals surface area contributed by atoms with Crippen LogP contribution in [0.5, 0.6) is 0 Å². The van der Waals surface area contributed by atoms with Gasteiger partial charge in [-0.3, -0.25) is 9.59 Å². The van der Waals surface area contributed by atoms with E-state index in [0.717, 1.165) is 16.7 Å². The van der Waals surface area contributed by atoms with Gasteiger partial charge < -0.3 is 10.6 Å². The van der Waals surface area contributed by atoms with Gasteiger partial charge in [-0.05, 0) is 54.8 Å². The zero-order valence-electron chi connectivity index (χ0n) is 13.2. The maximum Gasteiger partial charge on any atom is 0.233 e. The summed E-state index contributed by atoms with van der Waals surface area (Å²) in [6.07, 6.45) is -0.208. The van der Waals surface area contributed by atoms with E-state index in [2.05, 4.69) is 10.6 Å². The molecule has 0 saturated carbocycles. The smallest absolute Gasteiger partial charge is 0.233 e. The average molecular weight is 331 g/mol. The lowest BCUT2D eigenvalue weighted by Crippen LogP contribution is -2.27. The molecule has 23 heavy (non-hydrogen) atoms. The molecule has 0 aromatic heterocycles. The largest absolute Gasteiger partial charge is 0.352 e. The van der Waals surface area contributed by atoms with Crippen LogP contribution in [0, 0.1) is 13.8 Å². The lowest BCUT2D eigenvalue weighted by atomic mass is 10.1. The molecule has 0 saturated heterocycles. The summed E-state index contributed by atoms with van der Waals surface area (Å²) in [6, 6.07) is 12.8. The van der Waals surface area contributed by atoms with Crippen LogP contribution < -0.4 is 10.6 Å². The summed E-state index contributed by atoms with van der Waals surface area (Å²) in [5, 5.41) is 6.09. The first-order valence-corrected chi connectivity index (χ1v) is 7.70. The minimum atomic E-state index is -0.332. The number of nitrogens with one attached hydrogen (secondary N) is 2. The lowest BCUT2D eigenvalue weighted by molar-refractivity contribution is -0.126. The van der Waals surface area contributed by atoms with E-state index >= 15 is 0 Å². The highest BCUT2D eigenvalue weighted by Crippen LogP contribution is 2.14. The maximum absolute atomic E-state index is 11.9. The summed E-state index contributed by atoms with van der Waals surface area (Å²) in [5.41, 5.74) is 3.87. The number of halogens is 1. The van der Waals surface area contributed by atoms with Crippen molar-refractivity contribution >= 4 is 29.1 Å². The van der Waals surface area contributed by atoms with Crippen molar-refractivity contribution in [3.8, 4) is 0 Å². The van der Waals surface area contributed by atoms with Crippen molar-refractivity contribution in [1.29, 1.82) is 0 Å². The van der Waals surface area contributed by atoms with Gasteiger partial charge in [-0.2, -0.15) is 0 Å². The molecule has 2 aromatic rings. The van der Waals surface area contributed by atoms with E-state index in [9.17, 15) is 9.59 Å². The predicted octanol–water partition coefficient (Wildman–Crippen LogP) is 3.60. The second kappa shape index (κ2) is 7.79. The number of anilines is 1. The SMILES string of the molecule is Cc1ccc(NC(=O)CC(=O)NCc2ccc(Cl)cc2)cc1C. The normalized spacial score (nSPS) is 10.2. The van der Waals surface area contributed by atoms with Crippen molar-refractivity contribution in [3.05, 3.63) is 64.2 Å². The van der Waals surface area contributed by atoms with Crippen molar-refractivity contribution in [2.75, 3.05) is 5.32 Å². The molecular weight excluding hydrogens is 312 g/mol. The topological polar surface area (TPSA) is 58.2 Å². The Morgan fingerprint density at radius 2 is 1.65 bits per heavy atom. The van der Waals surface area contributed by atoms with Gasteiger partial charge in [0, 0.05) is 17.3 Å². The molecule has 0 atom stereocenters. The van der Waals surface area contributed by atoms with Crippen LogP contribution in [-0.2, 0) is 16.1 Å². The van der Waals surface area contributed by atoms with E-state index < -0.39 is 0 Å². The highest BCUT2D eigenvalue weighted by Gasteiger charge is 2.10.